The van der Waals surface area contributed by atoms with Crippen LogP contribution < -0.4 is 9.47 Å². The predicted molar refractivity (Wildman–Crippen MR) is 73.9 cm³/mol. The SMILES string of the molecule is C(=Cc1ccc2c(c1)OCO2)Sc1ccccc1. The van der Waals surface area contributed by atoms with Crippen molar-refractivity contribution in [2.24, 2.45) is 0 Å². The maximum atomic E-state index is 5.34. The first-order chi connectivity index (χ1) is 8.92. The molecule has 0 aliphatic carbocycles. The average Bonchev–Trinajstić information content (AvgIpc) is 2.87. The van der Waals surface area contributed by atoms with Crippen LogP contribution in [-0.4, -0.2) is 6.79 Å². The largest absolute Gasteiger partial charge is 0.454 e. The van der Waals surface area contributed by atoms with Crippen LogP contribution in [0.15, 0.2) is 58.8 Å². The Hall–Kier alpha value is -1.87. The van der Waals surface area contributed by atoms with Crippen molar-refractivity contribution < 1.29 is 9.47 Å². The number of rotatable bonds is 3. The van der Waals surface area contributed by atoms with Gasteiger partial charge in [-0.15, -0.1) is 0 Å². The molecule has 1 aliphatic heterocycles. The Morgan fingerprint density at radius 1 is 0.944 bits per heavy atom. The summed E-state index contributed by atoms with van der Waals surface area (Å²) in [6, 6.07) is 16.2. The number of hydrogen-bond acceptors (Lipinski definition) is 3. The molecule has 0 saturated carbocycles. The van der Waals surface area contributed by atoms with Gasteiger partial charge in [0.1, 0.15) is 0 Å². The maximum Gasteiger partial charge on any atom is 0.231 e. The molecule has 0 aromatic heterocycles. The molecule has 18 heavy (non-hydrogen) atoms. The van der Waals surface area contributed by atoms with Gasteiger partial charge >= 0.3 is 0 Å². The van der Waals surface area contributed by atoms with E-state index in [1.54, 1.807) is 11.8 Å². The van der Waals surface area contributed by atoms with E-state index in [-0.39, 0.29) is 0 Å². The molecule has 0 saturated heterocycles. The molecule has 2 nitrogen and oxygen atoms in total. The van der Waals surface area contributed by atoms with E-state index in [1.165, 1.54) is 4.90 Å². The third kappa shape index (κ3) is 2.51. The predicted octanol–water partition coefficient (Wildman–Crippen LogP) is 4.18. The monoisotopic (exact) mass is 256 g/mol. The molecule has 0 amide bonds. The Labute approximate surface area is 110 Å². The zero-order chi connectivity index (χ0) is 12.2. The van der Waals surface area contributed by atoms with Crippen molar-refractivity contribution in [1.82, 2.24) is 0 Å². The summed E-state index contributed by atoms with van der Waals surface area (Å²) in [6.45, 7) is 0.321. The van der Waals surface area contributed by atoms with Crippen LogP contribution in [0.2, 0.25) is 0 Å². The molecule has 0 bridgehead atoms. The van der Waals surface area contributed by atoms with Gasteiger partial charge in [0.25, 0.3) is 0 Å². The van der Waals surface area contributed by atoms with Gasteiger partial charge < -0.3 is 9.47 Å². The van der Waals surface area contributed by atoms with Crippen molar-refractivity contribution in [3.63, 3.8) is 0 Å². The minimum atomic E-state index is 0.321. The summed E-state index contributed by atoms with van der Waals surface area (Å²) in [6.07, 6.45) is 2.07. The maximum absolute atomic E-state index is 5.34. The van der Waals surface area contributed by atoms with Crippen LogP contribution in [0.25, 0.3) is 6.08 Å². The highest BCUT2D eigenvalue weighted by Crippen LogP contribution is 2.33. The first-order valence-electron chi connectivity index (χ1n) is 5.70. The van der Waals surface area contributed by atoms with Crippen molar-refractivity contribution in [3.05, 3.63) is 59.5 Å². The van der Waals surface area contributed by atoms with Crippen LogP contribution in [0.1, 0.15) is 5.56 Å². The van der Waals surface area contributed by atoms with E-state index in [0.717, 1.165) is 17.1 Å². The van der Waals surface area contributed by atoms with Crippen LogP contribution in [0.4, 0.5) is 0 Å². The molecule has 0 atom stereocenters. The van der Waals surface area contributed by atoms with E-state index in [0.29, 0.717) is 6.79 Å². The number of thioether (sulfide) groups is 1. The Kier molecular flexibility index (Phi) is 3.24. The molecule has 90 valence electrons. The highest BCUT2D eigenvalue weighted by Gasteiger charge is 2.11. The van der Waals surface area contributed by atoms with E-state index in [2.05, 4.69) is 23.6 Å². The quantitative estimate of drug-likeness (QED) is 0.768. The Morgan fingerprint density at radius 3 is 2.67 bits per heavy atom. The molecule has 0 unspecified atom stereocenters. The van der Waals surface area contributed by atoms with E-state index in [1.807, 2.05) is 36.4 Å². The van der Waals surface area contributed by atoms with Crippen molar-refractivity contribution in [2.75, 3.05) is 6.79 Å². The normalized spacial score (nSPS) is 13.1. The van der Waals surface area contributed by atoms with Gasteiger partial charge in [-0.25, -0.2) is 0 Å². The number of ether oxygens (including phenoxy) is 2. The van der Waals surface area contributed by atoms with Gasteiger partial charge in [0.15, 0.2) is 11.5 Å². The summed E-state index contributed by atoms with van der Waals surface area (Å²) in [5, 5.41) is 2.08. The fraction of sp³-hybridized carbons (Fsp3) is 0.0667. The lowest BCUT2D eigenvalue weighted by atomic mass is 10.2. The molecular weight excluding hydrogens is 244 g/mol. The first kappa shape index (κ1) is 11.2. The van der Waals surface area contributed by atoms with E-state index in [4.69, 9.17) is 9.47 Å². The second-order valence-electron chi connectivity index (χ2n) is 3.85. The average molecular weight is 256 g/mol. The summed E-state index contributed by atoms with van der Waals surface area (Å²) >= 11 is 1.70. The van der Waals surface area contributed by atoms with Crippen LogP contribution in [0, 0.1) is 0 Å². The molecule has 0 fully saturated rings. The van der Waals surface area contributed by atoms with Crippen molar-refractivity contribution >= 4 is 17.8 Å². The van der Waals surface area contributed by atoms with Gasteiger partial charge in [-0.2, -0.15) is 0 Å². The lowest BCUT2D eigenvalue weighted by Crippen LogP contribution is -1.92. The minimum absolute atomic E-state index is 0.321. The van der Waals surface area contributed by atoms with Crippen LogP contribution in [0.3, 0.4) is 0 Å². The Morgan fingerprint density at radius 2 is 1.78 bits per heavy atom. The van der Waals surface area contributed by atoms with Gasteiger partial charge in [-0.3, -0.25) is 0 Å². The van der Waals surface area contributed by atoms with Gasteiger partial charge in [-0.1, -0.05) is 36.0 Å². The molecular formula is C15H12O2S. The third-order valence-corrected chi connectivity index (χ3v) is 3.42. The second-order valence-corrected chi connectivity index (χ2v) is 4.83. The lowest BCUT2D eigenvalue weighted by Gasteiger charge is -1.98. The zero-order valence-electron chi connectivity index (χ0n) is 9.71. The summed E-state index contributed by atoms with van der Waals surface area (Å²) in [5.41, 5.74) is 1.11. The van der Waals surface area contributed by atoms with Gasteiger partial charge in [0, 0.05) is 4.90 Å². The van der Waals surface area contributed by atoms with E-state index < -0.39 is 0 Å². The third-order valence-electron chi connectivity index (χ3n) is 2.60. The van der Waals surface area contributed by atoms with Gasteiger partial charge in [0.05, 0.1) is 0 Å². The summed E-state index contributed by atoms with van der Waals surface area (Å²) in [5.74, 6) is 1.64. The summed E-state index contributed by atoms with van der Waals surface area (Å²) in [7, 11) is 0. The Bertz CT molecular complexity index is 564. The fourth-order valence-electron chi connectivity index (χ4n) is 1.71. The molecule has 3 rings (SSSR count). The van der Waals surface area contributed by atoms with Crippen molar-refractivity contribution in [1.29, 1.82) is 0 Å². The van der Waals surface area contributed by atoms with Crippen LogP contribution in [0.5, 0.6) is 11.5 Å². The number of hydrogen-bond donors (Lipinski definition) is 0. The molecule has 1 aliphatic rings. The van der Waals surface area contributed by atoms with Gasteiger partial charge in [-0.05, 0) is 41.3 Å². The van der Waals surface area contributed by atoms with Crippen molar-refractivity contribution in [3.8, 4) is 11.5 Å². The smallest absolute Gasteiger partial charge is 0.231 e. The highest BCUT2D eigenvalue weighted by molar-refractivity contribution is 8.02. The Balaban J connectivity index is 1.69. The lowest BCUT2D eigenvalue weighted by molar-refractivity contribution is 0.174. The molecule has 0 spiro atoms. The van der Waals surface area contributed by atoms with E-state index >= 15 is 0 Å². The number of benzene rings is 2. The van der Waals surface area contributed by atoms with E-state index in [9.17, 15) is 0 Å². The summed E-state index contributed by atoms with van der Waals surface area (Å²) < 4.78 is 10.6. The minimum Gasteiger partial charge on any atom is -0.454 e. The number of fused-ring (bicyclic) bond motifs is 1. The standard InChI is InChI=1S/C15H12O2S/c1-2-4-13(5-3-1)18-9-8-12-6-7-14-15(10-12)17-11-16-14/h1-10H,11H2. The molecule has 0 radical (unpaired) electrons. The zero-order valence-corrected chi connectivity index (χ0v) is 10.5. The molecule has 1 heterocycles. The first-order valence-corrected chi connectivity index (χ1v) is 6.58. The van der Waals surface area contributed by atoms with Crippen LogP contribution in [-0.2, 0) is 0 Å². The second kappa shape index (κ2) is 5.19. The molecule has 2 aromatic rings. The molecule has 3 heteroatoms. The van der Waals surface area contributed by atoms with Crippen LogP contribution >= 0.6 is 11.8 Å². The molecule has 0 N–H and O–H groups in total. The van der Waals surface area contributed by atoms with Crippen molar-refractivity contribution in [2.45, 2.75) is 4.90 Å². The van der Waals surface area contributed by atoms with Gasteiger partial charge in [0.2, 0.25) is 6.79 Å². The topological polar surface area (TPSA) is 18.5 Å². The highest BCUT2D eigenvalue weighted by atomic mass is 32.2. The fourth-order valence-corrected chi connectivity index (χ4v) is 2.40. The summed E-state index contributed by atoms with van der Waals surface area (Å²) in [4.78, 5) is 1.23. The molecule has 2 aromatic carbocycles.